The van der Waals surface area contributed by atoms with Crippen molar-refractivity contribution in [2.45, 2.75) is 89.4 Å². The first-order valence-electron chi connectivity index (χ1n) is 13.2. The molecule has 0 aromatic heterocycles. The molecule has 3 rings (SSSR count). The predicted molar refractivity (Wildman–Crippen MR) is 152 cm³/mol. The molecule has 0 unspecified atom stereocenters. The van der Waals surface area contributed by atoms with E-state index in [4.69, 9.17) is 9.47 Å². The van der Waals surface area contributed by atoms with E-state index in [1.54, 1.807) is 84.0 Å². The molecular weight excluding hydrogens is 532 g/mol. The van der Waals surface area contributed by atoms with Gasteiger partial charge in [0.1, 0.15) is 17.1 Å². The van der Waals surface area contributed by atoms with Crippen LogP contribution in [-0.4, -0.2) is 48.0 Å². The lowest BCUT2D eigenvalue weighted by atomic mass is 9.61. The molecule has 1 aliphatic rings. The van der Waals surface area contributed by atoms with E-state index in [0.29, 0.717) is 5.56 Å². The van der Waals surface area contributed by atoms with Crippen molar-refractivity contribution in [3.05, 3.63) is 65.7 Å². The Morgan fingerprint density at radius 2 is 1.45 bits per heavy atom. The Morgan fingerprint density at radius 3 is 1.98 bits per heavy atom. The lowest BCUT2D eigenvalue weighted by Crippen LogP contribution is -2.56. The highest BCUT2D eigenvalue weighted by Gasteiger charge is 2.57. The van der Waals surface area contributed by atoms with Gasteiger partial charge in [-0.2, -0.15) is 13.5 Å². The molecule has 218 valence electrons. The Hall–Kier alpha value is -3.24. The molecule has 4 atom stereocenters. The maximum atomic E-state index is 13.8. The van der Waals surface area contributed by atoms with Gasteiger partial charge in [0.2, 0.25) is 0 Å². The van der Waals surface area contributed by atoms with Crippen LogP contribution in [0.3, 0.4) is 0 Å². The highest BCUT2D eigenvalue weighted by atomic mass is 32.2. The van der Waals surface area contributed by atoms with Gasteiger partial charge in [0, 0.05) is 12.3 Å². The highest BCUT2D eigenvalue weighted by molar-refractivity contribution is 7.89. The second-order valence-electron chi connectivity index (χ2n) is 12.5. The zero-order valence-corrected chi connectivity index (χ0v) is 25.2. The topological polar surface area (TPSA) is 131 Å². The molecule has 2 N–H and O–H groups in total. The van der Waals surface area contributed by atoms with Crippen LogP contribution in [0.1, 0.15) is 71.9 Å². The van der Waals surface area contributed by atoms with Crippen molar-refractivity contribution in [1.29, 1.82) is 0 Å². The zero-order chi connectivity index (χ0) is 30.1. The smallest absolute Gasteiger partial charge is 0.315 e. The van der Waals surface area contributed by atoms with E-state index in [1.165, 1.54) is 19.1 Å². The van der Waals surface area contributed by atoms with Gasteiger partial charge < -0.3 is 14.6 Å². The molecule has 1 aliphatic carbocycles. The standard InChI is InChI=1S/C30H40N2O7S/c1-19-14-16-21(17-15-19)40(36,37)32-31-22-18-30(8,35)25(27(34)39-29(5,6)7)23(20-12-10-9-11-13-20)24(22)26(33)38-28(2,3)4/h9-17,23-25,32,35H,18H2,1-8H3/b31-22-/t23-,24+,25+,30+/m1/s1. The van der Waals surface area contributed by atoms with Crippen LogP contribution in [0.5, 0.6) is 0 Å². The molecule has 9 nitrogen and oxygen atoms in total. The van der Waals surface area contributed by atoms with Gasteiger partial charge in [-0.1, -0.05) is 48.0 Å². The average molecular weight is 573 g/mol. The highest BCUT2D eigenvalue weighted by Crippen LogP contribution is 2.47. The number of rotatable bonds is 6. The minimum atomic E-state index is -4.10. The largest absolute Gasteiger partial charge is 0.460 e. The van der Waals surface area contributed by atoms with Gasteiger partial charge in [-0.3, -0.25) is 9.59 Å². The zero-order valence-electron chi connectivity index (χ0n) is 24.4. The lowest BCUT2D eigenvalue weighted by molar-refractivity contribution is -0.175. The van der Waals surface area contributed by atoms with E-state index in [9.17, 15) is 23.1 Å². The van der Waals surface area contributed by atoms with E-state index >= 15 is 0 Å². The number of nitrogens with one attached hydrogen (secondary N) is 1. The summed E-state index contributed by atoms with van der Waals surface area (Å²) in [4.78, 5) is 29.6. The molecule has 0 heterocycles. The van der Waals surface area contributed by atoms with E-state index in [1.807, 2.05) is 6.92 Å². The number of aliphatic hydroxyl groups is 1. The molecule has 40 heavy (non-hydrogen) atoms. The van der Waals surface area contributed by atoms with Crippen molar-refractivity contribution in [3.8, 4) is 0 Å². The molecule has 0 bridgehead atoms. The number of carbonyl (C=O) groups is 2. The summed E-state index contributed by atoms with van der Waals surface area (Å²) in [5, 5.41) is 15.9. The summed E-state index contributed by atoms with van der Waals surface area (Å²) < 4.78 is 37.6. The Bertz CT molecular complexity index is 1350. The number of esters is 2. The molecule has 2 aromatic carbocycles. The van der Waals surface area contributed by atoms with Crippen molar-refractivity contribution in [2.24, 2.45) is 16.9 Å². The fourth-order valence-corrected chi connectivity index (χ4v) is 5.68. The Labute approximate surface area is 237 Å². The minimum Gasteiger partial charge on any atom is -0.460 e. The molecule has 1 saturated carbocycles. The molecule has 0 aliphatic heterocycles. The van der Waals surface area contributed by atoms with Crippen molar-refractivity contribution in [2.75, 3.05) is 0 Å². The van der Waals surface area contributed by atoms with E-state index in [-0.39, 0.29) is 17.0 Å². The fourth-order valence-electron chi connectivity index (χ4n) is 4.84. The second kappa shape index (κ2) is 11.3. The first-order valence-corrected chi connectivity index (χ1v) is 14.7. The van der Waals surface area contributed by atoms with Gasteiger partial charge >= 0.3 is 11.9 Å². The number of nitrogens with zero attached hydrogens (tertiary/aromatic N) is 1. The van der Waals surface area contributed by atoms with Crippen molar-refractivity contribution < 1.29 is 32.6 Å². The fraction of sp³-hybridized carbons (Fsp3) is 0.500. The van der Waals surface area contributed by atoms with Gasteiger partial charge in [0.05, 0.1) is 22.1 Å². The first kappa shape index (κ1) is 31.3. The maximum Gasteiger partial charge on any atom is 0.315 e. The Kier molecular flexibility index (Phi) is 8.86. The Balaban J connectivity index is 2.19. The van der Waals surface area contributed by atoms with Crippen molar-refractivity contribution >= 4 is 27.7 Å². The van der Waals surface area contributed by atoms with E-state index in [2.05, 4.69) is 9.93 Å². The van der Waals surface area contributed by atoms with Crippen LogP contribution in [-0.2, 0) is 29.1 Å². The van der Waals surface area contributed by atoms with Gasteiger partial charge in [-0.05, 0) is 73.1 Å². The third-order valence-electron chi connectivity index (χ3n) is 6.43. The van der Waals surface area contributed by atoms with Crippen LogP contribution >= 0.6 is 0 Å². The van der Waals surface area contributed by atoms with Crippen LogP contribution in [0.25, 0.3) is 0 Å². The number of hydrazone groups is 1. The monoisotopic (exact) mass is 572 g/mol. The number of carbonyl (C=O) groups excluding carboxylic acids is 2. The second-order valence-corrected chi connectivity index (χ2v) is 14.2. The minimum absolute atomic E-state index is 0.00919. The number of aryl methyl sites for hydroxylation is 1. The van der Waals surface area contributed by atoms with E-state index in [0.717, 1.165) is 5.56 Å². The number of hydrogen-bond donors (Lipinski definition) is 2. The number of hydrogen-bond acceptors (Lipinski definition) is 8. The van der Waals surface area contributed by atoms with Crippen LogP contribution in [0.15, 0.2) is 64.6 Å². The summed E-state index contributed by atoms with van der Waals surface area (Å²) in [6.45, 7) is 13.6. The van der Waals surface area contributed by atoms with Crippen LogP contribution in [0, 0.1) is 18.8 Å². The average Bonchev–Trinajstić information content (AvgIpc) is 2.80. The lowest BCUT2D eigenvalue weighted by Gasteiger charge is -2.46. The van der Waals surface area contributed by atoms with Crippen LogP contribution < -0.4 is 4.83 Å². The summed E-state index contributed by atoms with van der Waals surface area (Å²) in [5.41, 5.74) is -1.97. The molecule has 0 saturated heterocycles. The summed E-state index contributed by atoms with van der Waals surface area (Å²) >= 11 is 0. The van der Waals surface area contributed by atoms with Crippen molar-refractivity contribution in [3.63, 3.8) is 0 Å². The summed E-state index contributed by atoms with van der Waals surface area (Å²) in [6.07, 6.45) is -0.277. The molecule has 0 amide bonds. The number of sulfonamides is 1. The molecular formula is C30H40N2O7S. The van der Waals surface area contributed by atoms with E-state index < -0.39 is 56.5 Å². The molecule has 0 radical (unpaired) electrons. The van der Waals surface area contributed by atoms with Gasteiger partial charge in [-0.25, -0.2) is 4.83 Å². The number of benzene rings is 2. The predicted octanol–water partition coefficient (Wildman–Crippen LogP) is 4.48. The molecule has 0 spiro atoms. The molecule has 1 fully saturated rings. The normalized spacial score (nSPS) is 24.8. The van der Waals surface area contributed by atoms with Crippen molar-refractivity contribution in [1.82, 2.24) is 4.83 Å². The number of ether oxygens (including phenoxy) is 2. The summed E-state index contributed by atoms with van der Waals surface area (Å²) in [7, 11) is -4.10. The third-order valence-corrected chi connectivity index (χ3v) is 7.66. The van der Waals surface area contributed by atoms with Crippen LogP contribution in [0.2, 0.25) is 0 Å². The Morgan fingerprint density at radius 1 is 0.925 bits per heavy atom. The first-order chi connectivity index (χ1) is 18.3. The van der Waals surface area contributed by atoms with Crippen LogP contribution in [0.4, 0.5) is 0 Å². The molecule has 10 heteroatoms. The van der Waals surface area contributed by atoms with Gasteiger partial charge in [0.25, 0.3) is 10.0 Å². The summed E-state index contributed by atoms with van der Waals surface area (Å²) in [5.74, 6) is -4.71. The molecule has 2 aromatic rings. The van der Waals surface area contributed by atoms with Gasteiger partial charge in [0.15, 0.2) is 0 Å². The van der Waals surface area contributed by atoms with Gasteiger partial charge in [-0.15, -0.1) is 0 Å². The summed E-state index contributed by atoms with van der Waals surface area (Å²) in [6, 6.07) is 15.0. The third kappa shape index (κ3) is 7.69. The maximum absolute atomic E-state index is 13.8. The SMILES string of the molecule is Cc1ccc(S(=O)(=O)N/N=C2/C[C@](C)(O)[C@H](C(=O)OC(C)(C)C)[C@H](c3ccccc3)[C@H]2C(=O)OC(C)(C)C)cc1. The quantitative estimate of drug-likeness (QED) is 0.385.